The summed E-state index contributed by atoms with van der Waals surface area (Å²) in [6.07, 6.45) is -4.97. The van der Waals surface area contributed by atoms with Crippen LogP contribution < -0.4 is 4.74 Å². The van der Waals surface area contributed by atoms with E-state index in [1.165, 1.54) is 0 Å². The Morgan fingerprint density at radius 3 is 2.45 bits per heavy atom. The Morgan fingerprint density at radius 1 is 1.25 bits per heavy atom. The predicted molar refractivity (Wildman–Crippen MR) is 65.7 cm³/mol. The van der Waals surface area contributed by atoms with Crippen molar-refractivity contribution in [3.63, 3.8) is 0 Å². The maximum atomic E-state index is 12.5. The average Bonchev–Trinajstić information content (AvgIpc) is 2.82. The Hall–Kier alpha value is -2.24. The number of carbonyl (C=O) groups is 1. The van der Waals surface area contributed by atoms with E-state index in [9.17, 15) is 18.0 Å². The van der Waals surface area contributed by atoms with Crippen LogP contribution >= 0.6 is 0 Å². The summed E-state index contributed by atoms with van der Waals surface area (Å²) in [6, 6.07) is 9.56. The minimum absolute atomic E-state index is 0.0971. The largest absolute Gasteiger partial charge is 0.465 e. The van der Waals surface area contributed by atoms with Crippen LogP contribution in [0.15, 0.2) is 40.8 Å². The third kappa shape index (κ3) is 2.84. The first kappa shape index (κ1) is 14.2. The molecule has 0 bridgehead atoms. The molecule has 2 aromatic rings. The molecule has 106 valence electrons. The molecule has 0 aliphatic carbocycles. The molecule has 0 aliphatic rings. The topological polar surface area (TPSA) is 39.4 Å². The average molecular weight is 284 g/mol. The van der Waals surface area contributed by atoms with Crippen LogP contribution in [0, 0.1) is 0 Å². The van der Waals surface area contributed by atoms with Crippen molar-refractivity contribution in [1.82, 2.24) is 0 Å². The van der Waals surface area contributed by atoms with Gasteiger partial charge >= 0.3 is 6.18 Å². The number of furan rings is 1. The van der Waals surface area contributed by atoms with E-state index in [4.69, 9.17) is 9.15 Å². The second-order valence-electron chi connectivity index (χ2n) is 3.94. The normalized spacial score (nSPS) is 11.4. The van der Waals surface area contributed by atoms with E-state index in [0.717, 1.165) is 6.07 Å². The Labute approximate surface area is 113 Å². The van der Waals surface area contributed by atoms with Crippen molar-refractivity contribution in [3.05, 3.63) is 42.0 Å². The zero-order valence-electron chi connectivity index (χ0n) is 10.5. The first-order valence-electron chi connectivity index (χ1n) is 5.87. The number of benzene rings is 1. The first-order valence-corrected chi connectivity index (χ1v) is 5.87. The van der Waals surface area contributed by atoms with Crippen LogP contribution in [0.2, 0.25) is 0 Å². The summed E-state index contributed by atoms with van der Waals surface area (Å²) >= 11 is 0. The minimum Gasteiger partial charge on any atom is -0.465 e. The molecule has 1 aromatic carbocycles. The lowest BCUT2D eigenvalue weighted by molar-refractivity contribution is -0.0887. The summed E-state index contributed by atoms with van der Waals surface area (Å²) in [4.78, 5) is 11.3. The van der Waals surface area contributed by atoms with Gasteiger partial charge in [0, 0.05) is 5.56 Å². The van der Waals surface area contributed by atoms with Gasteiger partial charge in [0.05, 0.1) is 6.61 Å². The lowest BCUT2D eigenvalue weighted by Gasteiger charge is -2.04. The molecule has 2 rings (SSSR count). The highest BCUT2D eigenvalue weighted by Gasteiger charge is 2.42. The standard InChI is InChI=1S/C14H11F3O3/c1-2-19-13-10(12(18)14(15,16)17)8-11(20-13)9-6-4-3-5-7-9/h3-8H,2H2,1H3. The van der Waals surface area contributed by atoms with Gasteiger partial charge in [-0.2, -0.15) is 13.2 Å². The molecule has 0 N–H and O–H groups in total. The van der Waals surface area contributed by atoms with E-state index in [1.54, 1.807) is 37.3 Å². The molecule has 0 unspecified atom stereocenters. The van der Waals surface area contributed by atoms with Gasteiger partial charge in [-0.25, -0.2) is 0 Å². The Balaban J connectivity index is 2.46. The van der Waals surface area contributed by atoms with Crippen LogP contribution in [0.25, 0.3) is 11.3 Å². The van der Waals surface area contributed by atoms with Gasteiger partial charge in [0.25, 0.3) is 11.7 Å². The number of hydrogen-bond donors (Lipinski definition) is 0. The van der Waals surface area contributed by atoms with E-state index < -0.39 is 23.5 Å². The van der Waals surface area contributed by atoms with Crippen molar-refractivity contribution < 1.29 is 27.1 Å². The van der Waals surface area contributed by atoms with E-state index in [2.05, 4.69) is 0 Å². The molecule has 0 saturated heterocycles. The Bertz CT molecular complexity index is 600. The smallest absolute Gasteiger partial charge is 0.455 e. The molecule has 20 heavy (non-hydrogen) atoms. The van der Waals surface area contributed by atoms with E-state index in [-0.39, 0.29) is 12.4 Å². The summed E-state index contributed by atoms with van der Waals surface area (Å²) in [6.45, 7) is 1.69. The molecular formula is C14H11F3O3. The van der Waals surface area contributed by atoms with Gasteiger partial charge in [-0.3, -0.25) is 4.79 Å². The predicted octanol–water partition coefficient (Wildman–Crippen LogP) is 4.09. The lowest BCUT2D eigenvalue weighted by Crippen LogP contribution is -2.22. The highest BCUT2D eigenvalue weighted by molar-refractivity contribution is 6.02. The molecule has 6 heteroatoms. The van der Waals surface area contributed by atoms with Crippen LogP contribution in [-0.2, 0) is 0 Å². The zero-order chi connectivity index (χ0) is 14.8. The van der Waals surface area contributed by atoms with Crippen molar-refractivity contribution in [2.45, 2.75) is 13.1 Å². The molecule has 0 saturated carbocycles. The molecule has 0 amide bonds. The fraction of sp³-hybridized carbons (Fsp3) is 0.214. The Morgan fingerprint density at radius 2 is 1.90 bits per heavy atom. The minimum atomic E-state index is -4.97. The SMILES string of the molecule is CCOc1oc(-c2ccccc2)cc1C(=O)C(F)(F)F. The van der Waals surface area contributed by atoms with Gasteiger partial charge in [0.2, 0.25) is 0 Å². The number of ketones is 1. The molecule has 0 radical (unpaired) electrons. The number of hydrogen-bond acceptors (Lipinski definition) is 3. The third-order valence-corrected chi connectivity index (χ3v) is 2.53. The summed E-state index contributed by atoms with van der Waals surface area (Å²) in [7, 11) is 0. The Kier molecular flexibility index (Phi) is 3.83. The number of halogens is 3. The van der Waals surface area contributed by atoms with Crippen molar-refractivity contribution >= 4 is 5.78 Å². The summed E-state index contributed by atoms with van der Waals surface area (Å²) < 4.78 is 47.7. The van der Waals surface area contributed by atoms with Crippen LogP contribution in [0.4, 0.5) is 13.2 Å². The third-order valence-electron chi connectivity index (χ3n) is 2.53. The molecule has 0 fully saturated rings. The van der Waals surface area contributed by atoms with Crippen LogP contribution in [-0.4, -0.2) is 18.6 Å². The van der Waals surface area contributed by atoms with Crippen molar-refractivity contribution in [1.29, 1.82) is 0 Å². The highest BCUT2D eigenvalue weighted by Crippen LogP contribution is 2.34. The van der Waals surface area contributed by atoms with Gasteiger partial charge in [-0.15, -0.1) is 0 Å². The second-order valence-corrected chi connectivity index (χ2v) is 3.94. The molecular weight excluding hydrogens is 273 g/mol. The van der Waals surface area contributed by atoms with Crippen LogP contribution in [0.5, 0.6) is 5.95 Å². The summed E-state index contributed by atoms with van der Waals surface area (Å²) in [5.41, 5.74) is -0.0483. The molecule has 0 aliphatic heterocycles. The van der Waals surface area contributed by atoms with Gasteiger partial charge < -0.3 is 9.15 Å². The molecule has 3 nitrogen and oxygen atoms in total. The maximum Gasteiger partial charge on any atom is 0.455 e. The second kappa shape index (κ2) is 5.40. The number of Topliss-reactive ketones (excluding diaryl/α,β-unsaturated/α-hetero) is 1. The molecule has 1 heterocycles. The number of carbonyl (C=O) groups excluding carboxylic acids is 1. The fourth-order valence-corrected chi connectivity index (χ4v) is 1.67. The van der Waals surface area contributed by atoms with Crippen LogP contribution in [0.1, 0.15) is 17.3 Å². The van der Waals surface area contributed by atoms with E-state index in [0.29, 0.717) is 5.56 Å². The number of ether oxygens (including phenoxy) is 1. The van der Waals surface area contributed by atoms with E-state index >= 15 is 0 Å². The van der Waals surface area contributed by atoms with Crippen molar-refractivity contribution in [2.75, 3.05) is 6.61 Å². The van der Waals surface area contributed by atoms with Gasteiger partial charge in [-0.05, 0) is 13.0 Å². The van der Waals surface area contributed by atoms with Gasteiger partial charge in [0.1, 0.15) is 11.3 Å². The quantitative estimate of drug-likeness (QED) is 0.794. The monoisotopic (exact) mass is 284 g/mol. The highest BCUT2D eigenvalue weighted by atomic mass is 19.4. The molecule has 0 atom stereocenters. The lowest BCUT2D eigenvalue weighted by atomic mass is 10.1. The first-order chi connectivity index (χ1) is 9.43. The summed E-state index contributed by atoms with van der Waals surface area (Å²) in [5.74, 6) is -2.23. The molecule has 0 spiro atoms. The maximum absolute atomic E-state index is 12.5. The van der Waals surface area contributed by atoms with E-state index in [1.807, 2.05) is 0 Å². The fourth-order valence-electron chi connectivity index (χ4n) is 1.67. The van der Waals surface area contributed by atoms with Crippen molar-refractivity contribution in [3.8, 4) is 17.3 Å². The van der Waals surface area contributed by atoms with Crippen LogP contribution in [0.3, 0.4) is 0 Å². The zero-order valence-corrected chi connectivity index (χ0v) is 10.5. The van der Waals surface area contributed by atoms with Gasteiger partial charge in [0.15, 0.2) is 0 Å². The van der Waals surface area contributed by atoms with Crippen molar-refractivity contribution in [2.24, 2.45) is 0 Å². The van der Waals surface area contributed by atoms with Gasteiger partial charge in [-0.1, -0.05) is 30.3 Å². The molecule has 1 aromatic heterocycles. The summed E-state index contributed by atoms with van der Waals surface area (Å²) in [5, 5.41) is 0. The number of alkyl halides is 3. The number of rotatable bonds is 4.